The molecule has 112 valence electrons. The summed E-state index contributed by atoms with van der Waals surface area (Å²) in [6.07, 6.45) is 1.63. The van der Waals surface area contributed by atoms with Crippen LogP contribution in [-0.2, 0) is 6.54 Å². The summed E-state index contributed by atoms with van der Waals surface area (Å²) in [5, 5.41) is 0. The SMILES string of the molecule is CC(c1ccccc1F)N(C)CCn1cc(N)ccc1=O. The third kappa shape index (κ3) is 3.70. The van der Waals surface area contributed by atoms with Crippen LogP contribution in [-0.4, -0.2) is 23.1 Å². The summed E-state index contributed by atoms with van der Waals surface area (Å²) in [4.78, 5) is 13.7. The lowest BCUT2D eigenvalue weighted by atomic mass is 10.1. The first-order chi connectivity index (χ1) is 9.99. The molecule has 5 heteroatoms. The predicted molar refractivity (Wildman–Crippen MR) is 82.6 cm³/mol. The van der Waals surface area contributed by atoms with E-state index in [0.29, 0.717) is 24.3 Å². The molecular weight excluding hydrogens is 269 g/mol. The molecule has 21 heavy (non-hydrogen) atoms. The monoisotopic (exact) mass is 289 g/mol. The Bertz CT molecular complexity index is 669. The number of benzene rings is 1. The molecule has 0 aliphatic rings. The summed E-state index contributed by atoms with van der Waals surface area (Å²) in [5.74, 6) is -0.210. The molecule has 1 atom stereocenters. The van der Waals surface area contributed by atoms with Gasteiger partial charge in [-0.2, -0.15) is 0 Å². The fraction of sp³-hybridized carbons (Fsp3) is 0.312. The van der Waals surface area contributed by atoms with E-state index in [0.717, 1.165) is 0 Å². The normalized spacial score (nSPS) is 12.6. The molecule has 0 fully saturated rings. The summed E-state index contributed by atoms with van der Waals surface area (Å²) in [7, 11) is 1.91. The second-order valence-corrected chi connectivity index (χ2v) is 5.17. The summed E-state index contributed by atoms with van der Waals surface area (Å²) >= 11 is 0. The van der Waals surface area contributed by atoms with E-state index in [2.05, 4.69) is 0 Å². The van der Waals surface area contributed by atoms with Crippen LogP contribution in [0.3, 0.4) is 0 Å². The Morgan fingerprint density at radius 3 is 2.71 bits per heavy atom. The molecule has 1 aromatic heterocycles. The van der Waals surface area contributed by atoms with Gasteiger partial charge in [-0.05, 0) is 26.1 Å². The number of aromatic nitrogens is 1. The van der Waals surface area contributed by atoms with Crippen molar-refractivity contribution in [1.82, 2.24) is 9.47 Å². The molecule has 1 unspecified atom stereocenters. The summed E-state index contributed by atoms with van der Waals surface area (Å²) in [6.45, 7) is 3.08. The van der Waals surface area contributed by atoms with Gasteiger partial charge in [0.05, 0.1) is 0 Å². The van der Waals surface area contributed by atoms with E-state index in [4.69, 9.17) is 5.73 Å². The van der Waals surface area contributed by atoms with Gasteiger partial charge in [0.25, 0.3) is 5.56 Å². The number of hydrogen-bond acceptors (Lipinski definition) is 3. The molecule has 0 saturated heterocycles. The number of halogens is 1. The van der Waals surface area contributed by atoms with E-state index < -0.39 is 0 Å². The summed E-state index contributed by atoms with van der Waals surface area (Å²) in [5.41, 5.74) is 6.80. The first-order valence-corrected chi connectivity index (χ1v) is 6.89. The van der Waals surface area contributed by atoms with Crippen molar-refractivity contribution < 1.29 is 4.39 Å². The molecule has 0 aliphatic heterocycles. The maximum absolute atomic E-state index is 13.8. The zero-order chi connectivity index (χ0) is 15.4. The summed E-state index contributed by atoms with van der Waals surface area (Å²) in [6, 6.07) is 9.72. The highest BCUT2D eigenvalue weighted by molar-refractivity contribution is 5.33. The van der Waals surface area contributed by atoms with E-state index in [1.807, 2.05) is 24.9 Å². The maximum Gasteiger partial charge on any atom is 0.250 e. The first kappa shape index (κ1) is 15.3. The lowest BCUT2D eigenvalue weighted by Gasteiger charge is -2.25. The van der Waals surface area contributed by atoms with E-state index in [1.165, 1.54) is 12.1 Å². The van der Waals surface area contributed by atoms with Crippen LogP contribution in [0, 0.1) is 5.82 Å². The third-order valence-corrected chi connectivity index (χ3v) is 3.72. The van der Waals surface area contributed by atoms with Gasteiger partial charge in [-0.3, -0.25) is 9.69 Å². The van der Waals surface area contributed by atoms with Crippen molar-refractivity contribution in [1.29, 1.82) is 0 Å². The fourth-order valence-electron chi connectivity index (χ4n) is 2.24. The molecule has 0 amide bonds. The number of nitrogens with zero attached hydrogens (tertiary/aromatic N) is 2. The molecule has 1 aromatic carbocycles. The second-order valence-electron chi connectivity index (χ2n) is 5.17. The number of anilines is 1. The Morgan fingerprint density at radius 2 is 2.00 bits per heavy atom. The molecule has 0 radical (unpaired) electrons. The molecule has 1 heterocycles. The summed E-state index contributed by atoms with van der Waals surface area (Å²) < 4.78 is 15.4. The molecular formula is C16H20FN3O. The smallest absolute Gasteiger partial charge is 0.250 e. The van der Waals surface area contributed by atoms with Crippen LogP contribution in [0.15, 0.2) is 47.4 Å². The number of rotatable bonds is 5. The maximum atomic E-state index is 13.8. The van der Waals surface area contributed by atoms with E-state index >= 15 is 0 Å². The molecule has 2 rings (SSSR count). The molecule has 0 bridgehead atoms. The van der Waals surface area contributed by atoms with E-state index in [9.17, 15) is 9.18 Å². The highest BCUT2D eigenvalue weighted by Crippen LogP contribution is 2.21. The quantitative estimate of drug-likeness (QED) is 0.918. The Kier molecular flexibility index (Phi) is 4.75. The Hall–Kier alpha value is -2.14. The molecule has 4 nitrogen and oxygen atoms in total. The standard InChI is InChI=1S/C16H20FN3O/c1-12(14-5-3-4-6-15(14)17)19(2)9-10-20-11-13(18)7-8-16(20)21/h3-8,11-12H,9-10,18H2,1-2H3. The second kappa shape index (κ2) is 6.54. The third-order valence-electron chi connectivity index (χ3n) is 3.72. The van der Waals surface area contributed by atoms with Gasteiger partial charge in [-0.25, -0.2) is 4.39 Å². The van der Waals surface area contributed by atoms with Gasteiger partial charge in [0, 0.05) is 42.6 Å². The molecule has 2 N–H and O–H groups in total. The molecule has 2 aromatic rings. The van der Waals surface area contributed by atoms with Crippen LogP contribution in [0.5, 0.6) is 0 Å². The predicted octanol–water partition coefficient (Wildman–Crippen LogP) is 2.26. The van der Waals surface area contributed by atoms with Gasteiger partial charge < -0.3 is 10.3 Å². The number of hydrogen-bond donors (Lipinski definition) is 1. The molecule has 0 spiro atoms. The van der Waals surface area contributed by atoms with E-state index in [-0.39, 0.29) is 17.4 Å². The van der Waals surface area contributed by atoms with Crippen molar-refractivity contribution in [3.63, 3.8) is 0 Å². The van der Waals surface area contributed by atoms with Crippen LogP contribution in [0.25, 0.3) is 0 Å². The van der Waals surface area contributed by atoms with Crippen LogP contribution >= 0.6 is 0 Å². The topological polar surface area (TPSA) is 51.3 Å². The number of nitrogens with two attached hydrogens (primary N) is 1. The minimum Gasteiger partial charge on any atom is -0.398 e. The van der Waals surface area contributed by atoms with Gasteiger partial charge in [-0.15, -0.1) is 0 Å². The van der Waals surface area contributed by atoms with Crippen molar-refractivity contribution in [2.75, 3.05) is 19.3 Å². The van der Waals surface area contributed by atoms with Gasteiger partial charge in [0.2, 0.25) is 0 Å². The molecule has 0 saturated carbocycles. The van der Waals surface area contributed by atoms with Gasteiger partial charge in [0.1, 0.15) is 5.82 Å². The van der Waals surface area contributed by atoms with Crippen molar-refractivity contribution >= 4 is 5.69 Å². The van der Waals surface area contributed by atoms with Gasteiger partial charge >= 0.3 is 0 Å². The molecule has 0 aliphatic carbocycles. The Labute approximate surface area is 123 Å². The zero-order valence-corrected chi connectivity index (χ0v) is 12.3. The van der Waals surface area contributed by atoms with Crippen LogP contribution in [0.2, 0.25) is 0 Å². The van der Waals surface area contributed by atoms with Gasteiger partial charge in [0.15, 0.2) is 0 Å². The van der Waals surface area contributed by atoms with E-state index in [1.54, 1.807) is 29.0 Å². The number of likely N-dealkylation sites (N-methyl/N-ethyl adjacent to an activating group) is 1. The van der Waals surface area contributed by atoms with Crippen molar-refractivity contribution in [2.24, 2.45) is 0 Å². The largest absolute Gasteiger partial charge is 0.398 e. The average molecular weight is 289 g/mol. The van der Waals surface area contributed by atoms with Crippen molar-refractivity contribution in [3.8, 4) is 0 Å². The minimum absolute atomic E-state index is 0.0667. The Balaban J connectivity index is 2.05. The zero-order valence-electron chi connectivity index (χ0n) is 12.3. The highest BCUT2D eigenvalue weighted by Gasteiger charge is 2.15. The minimum atomic E-state index is -0.210. The Morgan fingerprint density at radius 1 is 1.29 bits per heavy atom. The van der Waals surface area contributed by atoms with Crippen molar-refractivity contribution in [3.05, 3.63) is 64.3 Å². The van der Waals surface area contributed by atoms with Crippen LogP contribution < -0.4 is 11.3 Å². The lowest BCUT2D eigenvalue weighted by molar-refractivity contribution is 0.245. The number of pyridine rings is 1. The van der Waals surface area contributed by atoms with Crippen LogP contribution in [0.1, 0.15) is 18.5 Å². The number of nitrogen functional groups attached to an aromatic ring is 1. The average Bonchev–Trinajstić information content (AvgIpc) is 2.47. The van der Waals surface area contributed by atoms with Crippen molar-refractivity contribution in [2.45, 2.75) is 19.5 Å². The van der Waals surface area contributed by atoms with Gasteiger partial charge in [-0.1, -0.05) is 18.2 Å². The first-order valence-electron chi connectivity index (χ1n) is 6.89. The lowest BCUT2D eigenvalue weighted by Crippen LogP contribution is -2.30. The van der Waals surface area contributed by atoms with Crippen LogP contribution in [0.4, 0.5) is 10.1 Å². The highest BCUT2D eigenvalue weighted by atomic mass is 19.1. The fourth-order valence-corrected chi connectivity index (χ4v) is 2.24.